The van der Waals surface area contributed by atoms with Gasteiger partial charge in [0.1, 0.15) is 17.5 Å². The summed E-state index contributed by atoms with van der Waals surface area (Å²) >= 11 is 0. The average molecular weight is 276 g/mol. The highest BCUT2D eigenvalue weighted by Crippen LogP contribution is 2.39. The van der Waals surface area contributed by atoms with E-state index in [4.69, 9.17) is 5.84 Å². The van der Waals surface area contributed by atoms with E-state index < -0.39 is 0 Å². The van der Waals surface area contributed by atoms with Gasteiger partial charge in [0, 0.05) is 25.1 Å². The molecule has 1 amide bonds. The fourth-order valence-electron chi connectivity index (χ4n) is 2.04. The highest BCUT2D eigenvalue weighted by atomic mass is 16.2. The van der Waals surface area contributed by atoms with Crippen molar-refractivity contribution >= 4 is 17.5 Å². The summed E-state index contributed by atoms with van der Waals surface area (Å²) in [5, 5.41) is 2.97. The first-order valence-corrected chi connectivity index (χ1v) is 7.02. The number of amides is 1. The van der Waals surface area contributed by atoms with Gasteiger partial charge in [0.15, 0.2) is 0 Å². The Labute approximate surface area is 117 Å². The summed E-state index contributed by atoms with van der Waals surface area (Å²) in [4.78, 5) is 22.5. The molecule has 2 aliphatic carbocycles. The molecule has 3 rings (SSSR count). The molecule has 7 heteroatoms. The molecule has 0 aliphatic heterocycles. The molecule has 0 atom stereocenters. The van der Waals surface area contributed by atoms with Gasteiger partial charge in [-0.25, -0.2) is 15.8 Å². The SMILES string of the molecule is CN(CC(=O)NC1CC1)c1cc(NN)nc(C2CC2)n1. The molecule has 2 saturated carbocycles. The Kier molecular flexibility index (Phi) is 3.43. The molecule has 0 spiro atoms. The van der Waals surface area contributed by atoms with E-state index in [1.807, 2.05) is 11.9 Å². The molecule has 0 aromatic carbocycles. The molecular formula is C13H20N6O. The van der Waals surface area contributed by atoms with Gasteiger partial charge in [-0.1, -0.05) is 0 Å². The first kappa shape index (κ1) is 13.1. The second kappa shape index (κ2) is 5.24. The first-order chi connectivity index (χ1) is 9.65. The molecule has 108 valence electrons. The maximum absolute atomic E-state index is 11.8. The molecule has 20 heavy (non-hydrogen) atoms. The number of hydrazine groups is 1. The van der Waals surface area contributed by atoms with E-state index >= 15 is 0 Å². The number of likely N-dealkylation sites (N-methyl/N-ethyl adjacent to an activating group) is 1. The summed E-state index contributed by atoms with van der Waals surface area (Å²) in [6.45, 7) is 0.293. The summed E-state index contributed by atoms with van der Waals surface area (Å²) < 4.78 is 0. The van der Waals surface area contributed by atoms with Crippen LogP contribution in [0.25, 0.3) is 0 Å². The first-order valence-electron chi connectivity index (χ1n) is 7.02. The van der Waals surface area contributed by atoms with Gasteiger partial charge in [-0.3, -0.25) is 4.79 Å². The fraction of sp³-hybridized carbons (Fsp3) is 0.615. The lowest BCUT2D eigenvalue weighted by Gasteiger charge is -2.19. The Morgan fingerprint density at radius 1 is 1.40 bits per heavy atom. The average Bonchev–Trinajstić information content (AvgIpc) is 3.30. The molecular weight excluding hydrogens is 256 g/mol. The molecule has 0 bridgehead atoms. The van der Waals surface area contributed by atoms with E-state index in [1.54, 1.807) is 6.07 Å². The third-order valence-corrected chi connectivity index (χ3v) is 3.53. The number of nitrogens with two attached hydrogens (primary N) is 1. The fourth-order valence-corrected chi connectivity index (χ4v) is 2.04. The van der Waals surface area contributed by atoms with Crippen LogP contribution in [0.1, 0.15) is 37.4 Å². The van der Waals surface area contributed by atoms with Crippen molar-refractivity contribution in [2.75, 3.05) is 23.9 Å². The van der Waals surface area contributed by atoms with Crippen molar-refractivity contribution in [2.24, 2.45) is 5.84 Å². The summed E-state index contributed by atoms with van der Waals surface area (Å²) in [6, 6.07) is 2.14. The minimum Gasteiger partial charge on any atom is -0.352 e. The number of carbonyl (C=O) groups is 1. The Balaban J connectivity index is 1.70. The van der Waals surface area contributed by atoms with Crippen LogP contribution >= 0.6 is 0 Å². The monoisotopic (exact) mass is 276 g/mol. The summed E-state index contributed by atoms with van der Waals surface area (Å²) in [5.74, 6) is 8.04. The number of rotatable bonds is 6. The molecule has 1 aromatic heterocycles. The van der Waals surface area contributed by atoms with E-state index in [0.717, 1.165) is 37.3 Å². The summed E-state index contributed by atoms with van der Waals surface area (Å²) in [7, 11) is 1.85. The largest absolute Gasteiger partial charge is 0.352 e. The number of aromatic nitrogens is 2. The molecule has 0 radical (unpaired) electrons. The zero-order chi connectivity index (χ0) is 14.1. The normalized spacial score (nSPS) is 17.7. The zero-order valence-electron chi connectivity index (χ0n) is 11.6. The Morgan fingerprint density at radius 3 is 2.75 bits per heavy atom. The van der Waals surface area contributed by atoms with E-state index in [9.17, 15) is 4.79 Å². The maximum atomic E-state index is 11.8. The summed E-state index contributed by atoms with van der Waals surface area (Å²) in [6.07, 6.45) is 4.44. The van der Waals surface area contributed by atoms with Crippen LogP contribution in [-0.4, -0.2) is 35.5 Å². The van der Waals surface area contributed by atoms with Crippen LogP contribution in [0.5, 0.6) is 0 Å². The van der Waals surface area contributed by atoms with Crippen molar-refractivity contribution in [1.82, 2.24) is 15.3 Å². The lowest BCUT2D eigenvalue weighted by Crippen LogP contribution is -2.36. The third kappa shape index (κ3) is 3.16. The van der Waals surface area contributed by atoms with Crippen molar-refractivity contribution in [1.29, 1.82) is 0 Å². The Hall–Kier alpha value is -1.89. The molecule has 0 unspecified atom stereocenters. The molecule has 1 heterocycles. The molecule has 4 N–H and O–H groups in total. The second-order valence-corrected chi connectivity index (χ2v) is 5.59. The predicted molar refractivity (Wildman–Crippen MR) is 76.3 cm³/mol. The quantitative estimate of drug-likeness (QED) is 0.512. The predicted octanol–water partition coefficient (Wildman–Crippen LogP) is 0.354. The standard InChI is InChI=1S/C13H20N6O/c1-19(7-12(20)15-9-4-5-9)11-6-10(18-14)16-13(17-11)8-2-3-8/h6,8-9H,2-5,7,14H2,1H3,(H,15,20)(H,16,17,18). The van der Waals surface area contributed by atoms with Crippen molar-refractivity contribution < 1.29 is 4.79 Å². The van der Waals surface area contributed by atoms with Crippen LogP contribution in [0.3, 0.4) is 0 Å². The van der Waals surface area contributed by atoms with E-state index in [1.165, 1.54) is 0 Å². The minimum atomic E-state index is 0.0313. The van der Waals surface area contributed by atoms with E-state index in [2.05, 4.69) is 20.7 Å². The Bertz CT molecular complexity index is 512. The van der Waals surface area contributed by atoms with Crippen molar-refractivity contribution in [3.8, 4) is 0 Å². The maximum Gasteiger partial charge on any atom is 0.239 e. The van der Waals surface area contributed by atoms with Gasteiger partial charge in [0.25, 0.3) is 0 Å². The minimum absolute atomic E-state index is 0.0313. The number of hydrogen-bond acceptors (Lipinski definition) is 6. The highest BCUT2D eigenvalue weighted by molar-refractivity contribution is 5.81. The third-order valence-electron chi connectivity index (χ3n) is 3.53. The van der Waals surface area contributed by atoms with Crippen molar-refractivity contribution in [2.45, 2.75) is 37.6 Å². The zero-order valence-corrected chi connectivity index (χ0v) is 11.6. The van der Waals surface area contributed by atoms with Crippen molar-refractivity contribution in [3.05, 3.63) is 11.9 Å². The van der Waals surface area contributed by atoms with Gasteiger partial charge in [-0.15, -0.1) is 0 Å². The number of carbonyl (C=O) groups excluding carboxylic acids is 1. The molecule has 1 aromatic rings. The molecule has 0 saturated heterocycles. The lowest BCUT2D eigenvalue weighted by molar-refractivity contribution is -0.119. The van der Waals surface area contributed by atoms with Crippen LogP contribution in [0.4, 0.5) is 11.6 Å². The van der Waals surface area contributed by atoms with Crippen LogP contribution in [-0.2, 0) is 4.79 Å². The van der Waals surface area contributed by atoms with Gasteiger partial charge >= 0.3 is 0 Å². The van der Waals surface area contributed by atoms with E-state index in [0.29, 0.717) is 24.3 Å². The topological polar surface area (TPSA) is 96.2 Å². The van der Waals surface area contributed by atoms with Gasteiger partial charge < -0.3 is 15.6 Å². The number of anilines is 2. The van der Waals surface area contributed by atoms with Gasteiger partial charge in [-0.05, 0) is 25.7 Å². The second-order valence-electron chi connectivity index (χ2n) is 5.59. The number of nitrogens with one attached hydrogen (secondary N) is 2. The van der Waals surface area contributed by atoms with Crippen LogP contribution < -0.4 is 21.5 Å². The number of nitrogens with zero attached hydrogens (tertiary/aromatic N) is 3. The Morgan fingerprint density at radius 2 is 2.15 bits per heavy atom. The van der Waals surface area contributed by atoms with Gasteiger partial charge in [0.2, 0.25) is 5.91 Å². The molecule has 7 nitrogen and oxygen atoms in total. The van der Waals surface area contributed by atoms with Crippen LogP contribution in [0, 0.1) is 0 Å². The van der Waals surface area contributed by atoms with E-state index in [-0.39, 0.29) is 5.91 Å². The summed E-state index contributed by atoms with van der Waals surface area (Å²) in [5.41, 5.74) is 2.56. The molecule has 2 aliphatic rings. The van der Waals surface area contributed by atoms with Gasteiger partial charge in [0.05, 0.1) is 6.54 Å². The number of hydrogen-bond donors (Lipinski definition) is 3. The van der Waals surface area contributed by atoms with Crippen LogP contribution in [0.15, 0.2) is 6.07 Å². The molecule has 2 fully saturated rings. The number of nitrogen functional groups attached to an aromatic ring is 1. The smallest absolute Gasteiger partial charge is 0.239 e. The highest BCUT2D eigenvalue weighted by Gasteiger charge is 2.28. The van der Waals surface area contributed by atoms with Gasteiger partial charge in [-0.2, -0.15) is 0 Å². The van der Waals surface area contributed by atoms with Crippen LogP contribution in [0.2, 0.25) is 0 Å². The van der Waals surface area contributed by atoms with Crippen molar-refractivity contribution in [3.63, 3.8) is 0 Å². The lowest BCUT2D eigenvalue weighted by atomic mass is 10.3.